The van der Waals surface area contributed by atoms with E-state index in [2.05, 4.69) is 24.0 Å². The van der Waals surface area contributed by atoms with Gasteiger partial charge in [-0.05, 0) is 12.0 Å². The maximum absolute atomic E-state index is 10.8. The van der Waals surface area contributed by atoms with Crippen LogP contribution in [0.5, 0.6) is 0 Å². The highest BCUT2D eigenvalue weighted by Crippen LogP contribution is 2.11. The zero-order valence-corrected chi connectivity index (χ0v) is 7.01. The van der Waals surface area contributed by atoms with E-state index in [9.17, 15) is 4.79 Å². The van der Waals surface area contributed by atoms with Gasteiger partial charge in [0.15, 0.2) is 5.78 Å². The molecule has 0 aliphatic carbocycles. The van der Waals surface area contributed by atoms with Crippen molar-refractivity contribution in [2.45, 2.75) is 26.7 Å². The fourth-order valence-electron chi connectivity index (χ4n) is 0.813. The number of H-pyrrole nitrogens is 1. The van der Waals surface area contributed by atoms with Crippen LogP contribution >= 0.6 is 0 Å². The van der Waals surface area contributed by atoms with Crippen molar-refractivity contribution < 1.29 is 4.79 Å². The lowest BCUT2D eigenvalue weighted by molar-refractivity contribution is 0.101. The lowest BCUT2D eigenvalue weighted by Crippen LogP contribution is -1.90. The van der Waals surface area contributed by atoms with E-state index in [1.54, 1.807) is 6.07 Å². The van der Waals surface area contributed by atoms with Gasteiger partial charge in [0.1, 0.15) is 5.69 Å². The second-order valence-electron chi connectivity index (χ2n) is 2.92. The Labute approximate surface area is 65.8 Å². The van der Waals surface area contributed by atoms with Gasteiger partial charge in [-0.1, -0.05) is 13.8 Å². The SMILES string of the molecule is CC(=O)c1cc(C(C)C)[nH]n1. The number of hydrogen-bond acceptors (Lipinski definition) is 2. The van der Waals surface area contributed by atoms with Gasteiger partial charge in [-0.25, -0.2) is 0 Å². The van der Waals surface area contributed by atoms with E-state index >= 15 is 0 Å². The standard InChI is InChI=1S/C8H12N2O/c1-5(2)7-4-8(6(3)11)10-9-7/h4-5H,1-3H3,(H,9,10). The summed E-state index contributed by atoms with van der Waals surface area (Å²) in [5.41, 5.74) is 1.53. The average molecular weight is 152 g/mol. The first-order valence-corrected chi connectivity index (χ1v) is 3.67. The molecule has 0 aliphatic rings. The van der Waals surface area contributed by atoms with E-state index in [-0.39, 0.29) is 5.78 Å². The van der Waals surface area contributed by atoms with Gasteiger partial charge in [0.2, 0.25) is 0 Å². The number of carbonyl (C=O) groups excluding carboxylic acids is 1. The number of aromatic nitrogens is 2. The van der Waals surface area contributed by atoms with Crippen LogP contribution in [0.25, 0.3) is 0 Å². The minimum atomic E-state index is 0.00755. The topological polar surface area (TPSA) is 45.8 Å². The summed E-state index contributed by atoms with van der Waals surface area (Å²) in [6.45, 7) is 5.62. The third-order valence-corrected chi connectivity index (χ3v) is 1.58. The zero-order chi connectivity index (χ0) is 8.43. The molecule has 0 aromatic carbocycles. The van der Waals surface area contributed by atoms with Crippen molar-refractivity contribution in [3.63, 3.8) is 0 Å². The number of nitrogens with one attached hydrogen (secondary N) is 1. The average Bonchev–Trinajstić information content (AvgIpc) is 2.33. The van der Waals surface area contributed by atoms with Crippen molar-refractivity contribution >= 4 is 5.78 Å². The second kappa shape index (κ2) is 2.86. The lowest BCUT2D eigenvalue weighted by Gasteiger charge is -1.95. The van der Waals surface area contributed by atoms with E-state index in [4.69, 9.17) is 0 Å². The Balaban J connectivity index is 2.90. The van der Waals surface area contributed by atoms with Gasteiger partial charge < -0.3 is 0 Å². The number of Topliss-reactive ketones (excluding diaryl/α,β-unsaturated/α-hetero) is 1. The fourth-order valence-corrected chi connectivity index (χ4v) is 0.813. The van der Waals surface area contributed by atoms with Crippen LogP contribution in [-0.2, 0) is 0 Å². The van der Waals surface area contributed by atoms with Crippen LogP contribution in [0.15, 0.2) is 6.07 Å². The Morgan fingerprint density at radius 2 is 2.27 bits per heavy atom. The molecule has 0 saturated carbocycles. The third kappa shape index (κ3) is 1.67. The number of rotatable bonds is 2. The molecule has 1 N–H and O–H groups in total. The first-order valence-electron chi connectivity index (χ1n) is 3.67. The molecule has 3 nitrogen and oxygen atoms in total. The molecular weight excluding hydrogens is 140 g/mol. The smallest absolute Gasteiger partial charge is 0.179 e. The Morgan fingerprint density at radius 3 is 2.55 bits per heavy atom. The van der Waals surface area contributed by atoms with Crippen molar-refractivity contribution in [1.29, 1.82) is 0 Å². The van der Waals surface area contributed by atoms with E-state index in [0.29, 0.717) is 11.6 Å². The van der Waals surface area contributed by atoms with Crippen LogP contribution in [0.1, 0.15) is 42.9 Å². The van der Waals surface area contributed by atoms with Crippen LogP contribution in [0, 0.1) is 0 Å². The molecular formula is C8H12N2O. The number of hydrogen-bond donors (Lipinski definition) is 1. The third-order valence-electron chi connectivity index (χ3n) is 1.58. The quantitative estimate of drug-likeness (QED) is 0.656. The van der Waals surface area contributed by atoms with Crippen molar-refractivity contribution in [2.75, 3.05) is 0 Å². The van der Waals surface area contributed by atoms with E-state index < -0.39 is 0 Å². The van der Waals surface area contributed by atoms with E-state index in [0.717, 1.165) is 5.69 Å². The minimum Gasteiger partial charge on any atom is -0.293 e. The summed E-state index contributed by atoms with van der Waals surface area (Å²) in [6.07, 6.45) is 0. The molecule has 0 fully saturated rings. The largest absolute Gasteiger partial charge is 0.293 e. The van der Waals surface area contributed by atoms with Gasteiger partial charge in [-0.15, -0.1) is 0 Å². The predicted molar refractivity (Wildman–Crippen MR) is 42.7 cm³/mol. The van der Waals surface area contributed by atoms with Crippen LogP contribution in [0.3, 0.4) is 0 Å². The highest BCUT2D eigenvalue weighted by atomic mass is 16.1. The van der Waals surface area contributed by atoms with Crippen molar-refractivity contribution in [3.8, 4) is 0 Å². The zero-order valence-electron chi connectivity index (χ0n) is 7.01. The molecule has 1 rings (SSSR count). The maximum Gasteiger partial charge on any atom is 0.179 e. The second-order valence-corrected chi connectivity index (χ2v) is 2.92. The summed E-state index contributed by atoms with van der Waals surface area (Å²) in [7, 11) is 0. The highest BCUT2D eigenvalue weighted by Gasteiger charge is 2.06. The molecule has 0 radical (unpaired) electrons. The number of nitrogens with zero attached hydrogens (tertiary/aromatic N) is 1. The van der Waals surface area contributed by atoms with Crippen LogP contribution < -0.4 is 0 Å². The molecule has 1 heterocycles. The first-order chi connectivity index (χ1) is 5.11. The van der Waals surface area contributed by atoms with Gasteiger partial charge in [-0.3, -0.25) is 9.89 Å². The van der Waals surface area contributed by atoms with Crippen molar-refractivity contribution in [1.82, 2.24) is 10.2 Å². The number of ketones is 1. The Bertz CT molecular complexity index is 263. The minimum absolute atomic E-state index is 0.00755. The van der Waals surface area contributed by atoms with E-state index in [1.165, 1.54) is 6.92 Å². The summed E-state index contributed by atoms with van der Waals surface area (Å²) in [6, 6.07) is 1.80. The van der Waals surface area contributed by atoms with Gasteiger partial charge in [0.05, 0.1) is 0 Å². The normalized spacial score (nSPS) is 10.5. The molecule has 11 heavy (non-hydrogen) atoms. The highest BCUT2D eigenvalue weighted by molar-refractivity contribution is 5.92. The molecule has 0 unspecified atom stereocenters. The number of carbonyl (C=O) groups is 1. The molecule has 0 atom stereocenters. The molecule has 0 saturated heterocycles. The Morgan fingerprint density at radius 1 is 1.64 bits per heavy atom. The van der Waals surface area contributed by atoms with Gasteiger partial charge >= 0.3 is 0 Å². The number of aromatic amines is 1. The van der Waals surface area contributed by atoms with Gasteiger partial charge in [0.25, 0.3) is 0 Å². The molecule has 0 spiro atoms. The van der Waals surface area contributed by atoms with Gasteiger partial charge in [-0.2, -0.15) is 5.10 Å². The van der Waals surface area contributed by atoms with Gasteiger partial charge in [0, 0.05) is 12.6 Å². The summed E-state index contributed by atoms with van der Waals surface area (Å²) in [4.78, 5) is 10.8. The molecule has 0 bridgehead atoms. The van der Waals surface area contributed by atoms with E-state index in [1.807, 2.05) is 0 Å². The Hall–Kier alpha value is -1.12. The Kier molecular flexibility index (Phi) is 2.08. The fraction of sp³-hybridized carbons (Fsp3) is 0.500. The lowest BCUT2D eigenvalue weighted by atomic mass is 10.1. The van der Waals surface area contributed by atoms with Crippen molar-refractivity contribution in [2.24, 2.45) is 0 Å². The van der Waals surface area contributed by atoms with Crippen LogP contribution in [0.4, 0.5) is 0 Å². The summed E-state index contributed by atoms with van der Waals surface area (Å²) in [5, 5.41) is 6.68. The summed E-state index contributed by atoms with van der Waals surface area (Å²) in [5.74, 6) is 0.406. The molecule has 1 aromatic heterocycles. The summed E-state index contributed by atoms with van der Waals surface area (Å²) >= 11 is 0. The van der Waals surface area contributed by atoms with Crippen LogP contribution in [0.2, 0.25) is 0 Å². The predicted octanol–water partition coefficient (Wildman–Crippen LogP) is 1.74. The summed E-state index contributed by atoms with van der Waals surface area (Å²) < 4.78 is 0. The molecule has 0 amide bonds. The van der Waals surface area contributed by atoms with Crippen LogP contribution in [-0.4, -0.2) is 16.0 Å². The van der Waals surface area contributed by atoms with Crippen molar-refractivity contribution in [3.05, 3.63) is 17.5 Å². The monoisotopic (exact) mass is 152 g/mol. The maximum atomic E-state index is 10.8. The molecule has 60 valence electrons. The molecule has 0 aliphatic heterocycles. The molecule has 1 aromatic rings. The first kappa shape index (κ1) is 7.98. The molecule has 3 heteroatoms.